The molecule has 7 heteroatoms. The summed E-state index contributed by atoms with van der Waals surface area (Å²) in [6.45, 7) is 0.769. The highest BCUT2D eigenvalue weighted by molar-refractivity contribution is 7.80. The lowest BCUT2D eigenvalue weighted by Crippen LogP contribution is -2.20. The summed E-state index contributed by atoms with van der Waals surface area (Å²) in [5, 5.41) is 6.64. The molecule has 2 rings (SSSR count). The number of anilines is 2. The Morgan fingerprint density at radius 3 is 2.52 bits per heavy atom. The minimum atomic E-state index is -2.91. The molecule has 2 aromatic carbocycles. The molecule has 2 N–H and O–H groups in total. The molecule has 0 heterocycles. The molecule has 0 aliphatic carbocycles. The van der Waals surface area contributed by atoms with Crippen LogP contribution in [0.4, 0.5) is 20.2 Å². The fourth-order valence-electron chi connectivity index (χ4n) is 1.88. The van der Waals surface area contributed by atoms with Gasteiger partial charge in [-0.1, -0.05) is 23.7 Å². The third-order valence-corrected chi connectivity index (χ3v) is 3.64. The average Bonchev–Trinajstić information content (AvgIpc) is 2.45. The second-order valence-corrected chi connectivity index (χ2v) is 5.74. The monoisotopic (exact) mass is 356 g/mol. The van der Waals surface area contributed by atoms with Crippen molar-refractivity contribution in [2.75, 3.05) is 10.6 Å². The van der Waals surface area contributed by atoms with Crippen molar-refractivity contribution in [1.29, 1.82) is 0 Å². The smallest absolute Gasteiger partial charge is 0.387 e. The number of halogens is 3. The van der Waals surface area contributed by atoms with Gasteiger partial charge in [0.1, 0.15) is 5.75 Å². The van der Waals surface area contributed by atoms with E-state index in [0.29, 0.717) is 16.4 Å². The van der Waals surface area contributed by atoms with Crippen LogP contribution in [0.5, 0.6) is 5.75 Å². The largest absolute Gasteiger partial charge is 0.433 e. The van der Waals surface area contributed by atoms with Gasteiger partial charge in [-0.25, -0.2) is 0 Å². The van der Waals surface area contributed by atoms with Crippen LogP contribution in [0.15, 0.2) is 36.4 Å². The molecule has 3 nitrogen and oxygen atoms in total. The molecule has 2 aromatic rings. The summed E-state index contributed by atoms with van der Waals surface area (Å²) in [6.07, 6.45) is 0. The molecule has 0 fully saturated rings. The number of hydrogen-bond acceptors (Lipinski definition) is 2. The van der Waals surface area contributed by atoms with Gasteiger partial charge in [0.05, 0.1) is 5.69 Å². The molecule has 0 aliphatic rings. The summed E-state index contributed by atoms with van der Waals surface area (Å²) in [4.78, 5) is 0. The van der Waals surface area contributed by atoms with Crippen molar-refractivity contribution in [2.45, 2.75) is 20.5 Å². The van der Waals surface area contributed by atoms with Gasteiger partial charge in [-0.3, -0.25) is 0 Å². The molecule has 0 saturated heterocycles. The maximum Gasteiger partial charge on any atom is 0.387 e. The van der Waals surface area contributed by atoms with Crippen LogP contribution < -0.4 is 15.4 Å². The van der Waals surface area contributed by atoms with Gasteiger partial charge in [-0.15, -0.1) is 0 Å². The van der Waals surface area contributed by atoms with Crippen molar-refractivity contribution < 1.29 is 13.5 Å². The molecule has 0 atom stereocenters. The zero-order valence-electron chi connectivity index (χ0n) is 12.5. The van der Waals surface area contributed by atoms with Crippen LogP contribution in [0.25, 0.3) is 0 Å². The minimum absolute atomic E-state index is 0.0334. The molecule has 122 valence electrons. The van der Waals surface area contributed by atoms with Crippen molar-refractivity contribution >= 4 is 40.3 Å². The number of benzene rings is 2. The number of rotatable bonds is 4. The van der Waals surface area contributed by atoms with E-state index in [0.717, 1.165) is 11.1 Å². The zero-order chi connectivity index (χ0) is 17.0. The number of alkyl halides is 2. The lowest BCUT2D eigenvalue weighted by atomic mass is 10.2. The van der Waals surface area contributed by atoms with Crippen molar-refractivity contribution in [2.24, 2.45) is 0 Å². The summed E-state index contributed by atoms with van der Waals surface area (Å²) >= 11 is 11.2. The van der Waals surface area contributed by atoms with E-state index < -0.39 is 6.61 Å². The third-order valence-electron chi connectivity index (χ3n) is 3.03. The first-order chi connectivity index (χ1) is 10.8. The van der Waals surface area contributed by atoms with Crippen molar-refractivity contribution in [3.63, 3.8) is 0 Å². The predicted octanol–water partition coefficient (Wildman–Crippen LogP) is 5.37. The molecule has 0 saturated carbocycles. The highest BCUT2D eigenvalue weighted by atomic mass is 35.5. The van der Waals surface area contributed by atoms with Gasteiger partial charge in [0.2, 0.25) is 0 Å². The van der Waals surface area contributed by atoms with E-state index in [4.69, 9.17) is 23.8 Å². The molecule has 23 heavy (non-hydrogen) atoms. The van der Waals surface area contributed by atoms with Crippen LogP contribution in [-0.2, 0) is 0 Å². The summed E-state index contributed by atoms with van der Waals surface area (Å²) in [5.74, 6) is 0.0334. The standard InChI is InChI=1S/C16H15ClF2N2OS/c1-9-3-6-13(14(7-9)22-15(18)19)21-16(23)20-11-5-4-10(2)12(17)8-11/h3-8,15H,1-2H3,(H2,20,21,23). The Bertz CT molecular complexity index is 725. The predicted molar refractivity (Wildman–Crippen MR) is 93.8 cm³/mol. The van der Waals surface area contributed by atoms with E-state index >= 15 is 0 Å². The quantitative estimate of drug-likeness (QED) is 0.722. The van der Waals surface area contributed by atoms with Crippen molar-refractivity contribution in [3.05, 3.63) is 52.5 Å². The highest BCUT2D eigenvalue weighted by Gasteiger charge is 2.11. The Morgan fingerprint density at radius 2 is 1.87 bits per heavy atom. The van der Waals surface area contributed by atoms with E-state index in [1.54, 1.807) is 25.1 Å². The van der Waals surface area contributed by atoms with E-state index in [2.05, 4.69) is 15.4 Å². The first kappa shape index (κ1) is 17.4. The number of aryl methyl sites for hydroxylation is 2. The molecular formula is C16H15ClF2N2OS. The number of ether oxygens (including phenoxy) is 1. The SMILES string of the molecule is Cc1ccc(NC(=S)Nc2ccc(C)c(Cl)c2)c(OC(F)F)c1. The normalized spacial score (nSPS) is 10.5. The Morgan fingerprint density at radius 1 is 1.13 bits per heavy atom. The van der Waals surface area contributed by atoms with Gasteiger partial charge in [0, 0.05) is 10.7 Å². The van der Waals surface area contributed by atoms with Gasteiger partial charge in [-0.2, -0.15) is 8.78 Å². The van der Waals surface area contributed by atoms with Crippen LogP contribution in [0.1, 0.15) is 11.1 Å². The number of hydrogen-bond donors (Lipinski definition) is 2. The van der Waals surface area contributed by atoms with Gasteiger partial charge >= 0.3 is 6.61 Å². The van der Waals surface area contributed by atoms with E-state index in [9.17, 15) is 8.78 Å². The summed E-state index contributed by atoms with van der Waals surface area (Å²) < 4.78 is 29.5. The van der Waals surface area contributed by atoms with Crippen LogP contribution in [0.2, 0.25) is 5.02 Å². The van der Waals surface area contributed by atoms with E-state index in [1.807, 2.05) is 19.1 Å². The molecule has 0 amide bonds. The first-order valence-electron chi connectivity index (χ1n) is 6.75. The molecule has 0 spiro atoms. The van der Waals surface area contributed by atoms with Crippen LogP contribution >= 0.6 is 23.8 Å². The fourth-order valence-corrected chi connectivity index (χ4v) is 2.29. The maximum atomic E-state index is 12.5. The van der Waals surface area contributed by atoms with Crippen LogP contribution in [0.3, 0.4) is 0 Å². The van der Waals surface area contributed by atoms with Gasteiger partial charge < -0.3 is 15.4 Å². The average molecular weight is 357 g/mol. The van der Waals surface area contributed by atoms with Crippen LogP contribution in [-0.4, -0.2) is 11.7 Å². The minimum Gasteiger partial charge on any atom is -0.433 e. The summed E-state index contributed by atoms with van der Waals surface area (Å²) in [6, 6.07) is 10.3. The third kappa shape index (κ3) is 5.04. The summed E-state index contributed by atoms with van der Waals surface area (Å²) in [5.41, 5.74) is 2.80. The number of thiocarbonyl (C=S) groups is 1. The highest BCUT2D eigenvalue weighted by Crippen LogP contribution is 2.28. The lowest BCUT2D eigenvalue weighted by molar-refractivity contribution is -0.0493. The van der Waals surface area contributed by atoms with Crippen molar-refractivity contribution in [1.82, 2.24) is 0 Å². The van der Waals surface area contributed by atoms with Crippen LogP contribution in [0, 0.1) is 13.8 Å². The molecule has 0 unspecified atom stereocenters. The zero-order valence-corrected chi connectivity index (χ0v) is 14.1. The molecule has 0 aromatic heterocycles. The summed E-state index contributed by atoms with van der Waals surface area (Å²) in [7, 11) is 0. The fraction of sp³-hybridized carbons (Fsp3) is 0.188. The lowest BCUT2D eigenvalue weighted by Gasteiger charge is -2.15. The molecule has 0 bridgehead atoms. The molecule has 0 aliphatic heterocycles. The second kappa shape index (κ2) is 7.57. The Balaban J connectivity index is 2.11. The topological polar surface area (TPSA) is 33.3 Å². The van der Waals surface area contributed by atoms with E-state index in [-0.39, 0.29) is 10.9 Å². The Hall–Kier alpha value is -1.92. The maximum absolute atomic E-state index is 12.5. The number of nitrogens with one attached hydrogen (secondary N) is 2. The first-order valence-corrected chi connectivity index (χ1v) is 7.53. The Kier molecular flexibility index (Phi) is 5.74. The Labute approximate surface area is 143 Å². The molecule has 0 radical (unpaired) electrons. The second-order valence-electron chi connectivity index (χ2n) is 4.92. The van der Waals surface area contributed by atoms with Gasteiger partial charge in [-0.05, 0) is 61.5 Å². The van der Waals surface area contributed by atoms with Gasteiger partial charge in [0.15, 0.2) is 5.11 Å². The van der Waals surface area contributed by atoms with Gasteiger partial charge in [0.25, 0.3) is 0 Å². The molecular weight excluding hydrogens is 342 g/mol. The van der Waals surface area contributed by atoms with Crippen molar-refractivity contribution in [3.8, 4) is 5.75 Å². The van der Waals surface area contributed by atoms with E-state index in [1.165, 1.54) is 6.07 Å².